The first-order valence-electron chi connectivity index (χ1n) is 8.57. The SMILES string of the molecule is COC(=O)c1ccc(CN2C(=O)OC[C@H]2C(=O)NC2CCOCC2)cc1. The van der Waals surface area contributed by atoms with Gasteiger partial charge in [0.05, 0.1) is 19.2 Å². The van der Waals surface area contributed by atoms with Gasteiger partial charge in [-0.05, 0) is 30.5 Å². The minimum Gasteiger partial charge on any atom is -0.465 e. The average Bonchev–Trinajstić information content (AvgIpc) is 3.03. The molecule has 1 N–H and O–H groups in total. The van der Waals surface area contributed by atoms with Gasteiger partial charge in [-0.2, -0.15) is 0 Å². The number of nitrogens with one attached hydrogen (secondary N) is 1. The summed E-state index contributed by atoms with van der Waals surface area (Å²) in [5.74, 6) is -0.639. The molecular formula is C18H22N2O6. The van der Waals surface area contributed by atoms with Crippen LogP contribution in [-0.2, 0) is 25.5 Å². The van der Waals surface area contributed by atoms with Crippen LogP contribution in [-0.4, -0.2) is 61.9 Å². The summed E-state index contributed by atoms with van der Waals surface area (Å²) < 4.78 is 15.0. The second-order valence-electron chi connectivity index (χ2n) is 6.30. The number of hydrogen-bond acceptors (Lipinski definition) is 6. The molecule has 2 heterocycles. The van der Waals surface area contributed by atoms with Crippen molar-refractivity contribution in [2.24, 2.45) is 0 Å². The third-order valence-corrected chi connectivity index (χ3v) is 4.57. The Morgan fingerprint density at radius 2 is 1.92 bits per heavy atom. The summed E-state index contributed by atoms with van der Waals surface area (Å²) in [6.07, 6.45) is 1.01. The molecule has 0 spiro atoms. The van der Waals surface area contributed by atoms with Crippen LogP contribution in [0.25, 0.3) is 0 Å². The number of carbonyl (C=O) groups is 3. The van der Waals surface area contributed by atoms with E-state index in [0.717, 1.165) is 18.4 Å². The Labute approximate surface area is 151 Å². The molecule has 1 aromatic rings. The zero-order valence-corrected chi connectivity index (χ0v) is 14.6. The van der Waals surface area contributed by atoms with Crippen molar-refractivity contribution in [3.8, 4) is 0 Å². The van der Waals surface area contributed by atoms with Gasteiger partial charge in [-0.1, -0.05) is 12.1 Å². The quantitative estimate of drug-likeness (QED) is 0.788. The Morgan fingerprint density at radius 3 is 2.58 bits per heavy atom. The van der Waals surface area contributed by atoms with Crippen LogP contribution in [0.2, 0.25) is 0 Å². The van der Waals surface area contributed by atoms with Crippen molar-refractivity contribution in [2.75, 3.05) is 26.9 Å². The van der Waals surface area contributed by atoms with Crippen molar-refractivity contribution >= 4 is 18.0 Å². The van der Waals surface area contributed by atoms with Crippen LogP contribution in [0.1, 0.15) is 28.8 Å². The molecule has 0 radical (unpaired) electrons. The monoisotopic (exact) mass is 362 g/mol. The van der Waals surface area contributed by atoms with Crippen molar-refractivity contribution in [3.05, 3.63) is 35.4 Å². The molecule has 2 saturated heterocycles. The molecule has 0 saturated carbocycles. The van der Waals surface area contributed by atoms with Crippen LogP contribution in [0, 0.1) is 0 Å². The van der Waals surface area contributed by atoms with E-state index >= 15 is 0 Å². The Morgan fingerprint density at radius 1 is 1.23 bits per heavy atom. The molecule has 0 aliphatic carbocycles. The highest BCUT2D eigenvalue weighted by atomic mass is 16.6. The average molecular weight is 362 g/mol. The number of cyclic esters (lactones) is 1. The summed E-state index contributed by atoms with van der Waals surface area (Å²) in [5, 5.41) is 2.97. The molecule has 0 aromatic heterocycles. The van der Waals surface area contributed by atoms with Gasteiger partial charge in [-0.25, -0.2) is 9.59 Å². The fraction of sp³-hybridized carbons (Fsp3) is 0.500. The molecule has 0 unspecified atom stereocenters. The van der Waals surface area contributed by atoms with E-state index in [9.17, 15) is 14.4 Å². The summed E-state index contributed by atoms with van der Waals surface area (Å²) in [5.41, 5.74) is 1.22. The molecule has 8 nitrogen and oxygen atoms in total. The fourth-order valence-electron chi connectivity index (χ4n) is 3.04. The molecular weight excluding hydrogens is 340 g/mol. The highest BCUT2D eigenvalue weighted by molar-refractivity contribution is 5.89. The van der Waals surface area contributed by atoms with Gasteiger partial charge in [0.2, 0.25) is 5.91 Å². The first-order chi connectivity index (χ1) is 12.6. The predicted molar refractivity (Wildman–Crippen MR) is 90.4 cm³/mol. The molecule has 2 amide bonds. The van der Waals surface area contributed by atoms with Crippen LogP contribution in [0.15, 0.2) is 24.3 Å². The smallest absolute Gasteiger partial charge is 0.410 e. The van der Waals surface area contributed by atoms with E-state index in [-0.39, 0.29) is 25.1 Å². The Hall–Kier alpha value is -2.61. The van der Waals surface area contributed by atoms with Crippen molar-refractivity contribution in [1.29, 1.82) is 0 Å². The van der Waals surface area contributed by atoms with Crippen molar-refractivity contribution in [2.45, 2.75) is 31.5 Å². The molecule has 1 atom stereocenters. The number of methoxy groups -OCH3 is 1. The molecule has 2 fully saturated rings. The van der Waals surface area contributed by atoms with E-state index in [4.69, 9.17) is 9.47 Å². The lowest BCUT2D eigenvalue weighted by molar-refractivity contribution is -0.126. The van der Waals surface area contributed by atoms with Gasteiger partial charge in [0.15, 0.2) is 0 Å². The maximum absolute atomic E-state index is 12.6. The van der Waals surface area contributed by atoms with Crippen LogP contribution in [0.3, 0.4) is 0 Å². The molecule has 1 aromatic carbocycles. The molecule has 3 rings (SSSR count). The fourth-order valence-corrected chi connectivity index (χ4v) is 3.04. The highest BCUT2D eigenvalue weighted by Crippen LogP contribution is 2.18. The summed E-state index contributed by atoms with van der Waals surface area (Å²) in [6.45, 7) is 1.52. The van der Waals surface area contributed by atoms with Gasteiger partial charge in [-0.3, -0.25) is 9.69 Å². The van der Waals surface area contributed by atoms with E-state index in [1.165, 1.54) is 12.0 Å². The molecule has 2 aliphatic heterocycles. The number of ether oxygens (including phenoxy) is 3. The normalized spacial score (nSPS) is 20.6. The number of hydrogen-bond donors (Lipinski definition) is 1. The van der Waals surface area contributed by atoms with E-state index in [2.05, 4.69) is 10.1 Å². The van der Waals surface area contributed by atoms with Crippen molar-refractivity contribution < 1.29 is 28.6 Å². The number of rotatable bonds is 5. The number of esters is 1. The first kappa shape index (κ1) is 18.2. The van der Waals surface area contributed by atoms with E-state index in [0.29, 0.717) is 18.8 Å². The Balaban J connectivity index is 1.63. The number of nitrogens with zero attached hydrogens (tertiary/aromatic N) is 1. The number of benzene rings is 1. The van der Waals surface area contributed by atoms with Crippen LogP contribution in [0.5, 0.6) is 0 Å². The van der Waals surface area contributed by atoms with E-state index in [1.54, 1.807) is 24.3 Å². The summed E-state index contributed by atoms with van der Waals surface area (Å²) in [7, 11) is 1.32. The summed E-state index contributed by atoms with van der Waals surface area (Å²) in [4.78, 5) is 37.5. The summed E-state index contributed by atoms with van der Waals surface area (Å²) >= 11 is 0. The third-order valence-electron chi connectivity index (χ3n) is 4.57. The molecule has 26 heavy (non-hydrogen) atoms. The molecule has 8 heteroatoms. The zero-order valence-electron chi connectivity index (χ0n) is 14.6. The number of amides is 2. The van der Waals surface area contributed by atoms with Gasteiger partial charge in [0.25, 0.3) is 0 Å². The van der Waals surface area contributed by atoms with Crippen LogP contribution >= 0.6 is 0 Å². The zero-order chi connectivity index (χ0) is 18.5. The first-order valence-corrected chi connectivity index (χ1v) is 8.57. The minimum atomic E-state index is -0.661. The Kier molecular flexibility index (Phi) is 5.72. The third kappa shape index (κ3) is 4.13. The predicted octanol–water partition coefficient (Wildman–Crippen LogP) is 1.09. The summed E-state index contributed by atoms with van der Waals surface area (Å²) in [6, 6.07) is 6.11. The topological polar surface area (TPSA) is 94.2 Å². The highest BCUT2D eigenvalue weighted by Gasteiger charge is 2.38. The minimum absolute atomic E-state index is 0.0358. The van der Waals surface area contributed by atoms with Crippen LogP contribution in [0.4, 0.5) is 4.79 Å². The van der Waals surface area contributed by atoms with Gasteiger partial charge < -0.3 is 19.5 Å². The second-order valence-corrected chi connectivity index (χ2v) is 6.30. The molecule has 2 aliphatic rings. The van der Waals surface area contributed by atoms with Crippen molar-refractivity contribution in [1.82, 2.24) is 10.2 Å². The lowest BCUT2D eigenvalue weighted by atomic mass is 10.1. The maximum Gasteiger partial charge on any atom is 0.410 e. The van der Waals surface area contributed by atoms with Crippen molar-refractivity contribution in [3.63, 3.8) is 0 Å². The second kappa shape index (κ2) is 8.18. The van der Waals surface area contributed by atoms with Gasteiger partial charge in [-0.15, -0.1) is 0 Å². The largest absolute Gasteiger partial charge is 0.465 e. The van der Waals surface area contributed by atoms with Gasteiger partial charge >= 0.3 is 12.1 Å². The standard InChI is InChI=1S/C18H22N2O6/c1-24-17(22)13-4-2-12(3-5-13)10-20-15(11-26-18(20)23)16(21)19-14-6-8-25-9-7-14/h2-5,14-15H,6-11H2,1H3,(H,19,21)/t15-/m0/s1. The lowest BCUT2D eigenvalue weighted by Crippen LogP contribution is -2.49. The molecule has 0 bridgehead atoms. The maximum atomic E-state index is 12.6. The number of carbonyl (C=O) groups excluding carboxylic acids is 3. The van der Waals surface area contributed by atoms with E-state index < -0.39 is 18.1 Å². The molecule has 140 valence electrons. The van der Waals surface area contributed by atoms with Gasteiger partial charge in [0, 0.05) is 19.3 Å². The van der Waals surface area contributed by atoms with E-state index in [1.807, 2.05) is 0 Å². The lowest BCUT2D eigenvalue weighted by Gasteiger charge is -2.26. The van der Waals surface area contributed by atoms with Crippen LogP contribution < -0.4 is 5.32 Å². The Bertz CT molecular complexity index is 669. The van der Waals surface area contributed by atoms with Gasteiger partial charge in [0.1, 0.15) is 12.6 Å².